The van der Waals surface area contributed by atoms with E-state index >= 15 is 0 Å². The van der Waals surface area contributed by atoms with E-state index in [2.05, 4.69) is 9.71 Å². The molecule has 0 bridgehead atoms. The standard InChI is InChI=1S/C15H13ClN2O2S2/c1-9-3-8-13-14(10(9)2)17-15(21-13)18-22(19,20)12-6-4-11(16)5-7-12/h3-8H,1-2H3,(H,17,18). The fraction of sp³-hybridized carbons (Fsp3) is 0.133. The Labute approximate surface area is 137 Å². The van der Waals surface area contributed by atoms with Gasteiger partial charge >= 0.3 is 0 Å². The smallest absolute Gasteiger partial charge is 0.255 e. The highest BCUT2D eigenvalue weighted by Gasteiger charge is 2.17. The van der Waals surface area contributed by atoms with Gasteiger partial charge in [-0.1, -0.05) is 29.0 Å². The second-order valence-corrected chi connectivity index (χ2v) is 8.08. The van der Waals surface area contributed by atoms with E-state index < -0.39 is 10.0 Å². The molecule has 22 heavy (non-hydrogen) atoms. The summed E-state index contributed by atoms with van der Waals surface area (Å²) in [5, 5.41) is 0.851. The first kappa shape index (κ1) is 15.3. The molecule has 3 aromatic rings. The number of sulfonamides is 1. The molecule has 1 aromatic heterocycles. The first-order valence-corrected chi connectivity index (χ1v) is 9.20. The van der Waals surface area contributed by atoms with Gasteiger partial charge in [0.05, 0.1) is 15.1 Å². The Bertz CT molecular complexity index is 948. The Morgan fingerprint density at radius 3 is 2.45 bits per heavy atom. The van der Waals surface area contributed by atoms with E-state index in [0.717, 1.165) is 21.3 Å². The summed E-state index contributed by atoms with van der Waals surface area (Å²) in [6.07, 6.45) is 0. The van der Waals surface area contributed by atoms with Crippen LogP contribution in [0.2, 0.25) is 5.02 Å². The summed E-state index contributed by atoms with van der Waals surface area (Å²) in [7, 11) is -3.66. The highest BCUT2D eigenvalue weighted by Crippen LogP contribution is 2.31. The lowest BCUT2D eigenvalue weighted by Crippen LogP contribution is -2.12. The molecular weight excluding hydrogens is 340 g/mol. The lowest BCUT2D eigenvalue weighted by Gasteiger charge is -2.04. The zero-order chi connectivity index (χ0) is 15.9. The van der Waals surface area contributed by atoms with E-state index in [1.165, 1.54) is 23.5 Å². The van der Waals surface area contributed by atoms with Gasteiger partial charge in [-0.05, 0) is 55.3 Å². The molecular formula is C15H13ClN2O2S2. The Morgan fingerprint density at radius 1 is 1.09 bits per heavy atom. The number of halogens is 1. The molecule has 0 saturated heterocycles. The van der Waals surface area contributed by atoms with Crippen molar-refractivity contribution < 1.29 is 8.42 Å². The minimum Gasteiger partial charge on any atom is -0.255 e. The van der Waals surface area contributed by atoms with Crippen LogP contribution in [0.5, 0.6) is 0 Å². The van der Waals surface area contributed by atoms with Crippen molar-refractivity contribution >= 4 is 48.3 Å². The first-order chi connectivity index (χ1) is 10.4. The molecule has 0 atom stereocenters. The number of hydrogen-bond acceptors (Lipinski definition) is 4. The molecule has 0 aliphatic carbocycles. The summed E-state index contributed by atoms with van der Waals surface area (Å²) in [5.74, 6) is 0. The molecule has 0 aliphatic rings. The van der Waals surface area contributed by atoms with Gasteiger partial charge in [0.25, 0.3) is 10.0 Å². The summed E-state index contributed by atoms with van der Waals surface area (Å²) >= 11 is 7.10. The minimum atomic E-state index is -3.66. The summed E-state index contributed by atoms with van der Waals surface area (Å²) in [4.78, 5) is 4.56. The van der Waals surface area contributed by atoms with Crippen LogP contribution in [0.15, 0.2) is 41.3 Å². The molecule has 4 nitrogen and oxygen atoms in total. The highest BCUT2D eigenvalue weighted by molar-refractivity contribution is 7.93. The molecule has 1 N–H and O–H groups in total. The van der Waals surface area contributed by atoms with Crippen LogP contribution in [0.3, 0.4) is 0 Å². The highest BCUT2D eigenvalue weighted by atomic mass is 35.5. The summed E-state index contributed by atoms with van der Waals surface area (Å²) in [5.41, 5.74) is 3.02. The van der Waals surface area contributed by atoms with Crippen molar-refractivity contribution in [1.82, 2.24) is 4.98 Å². The van der Waals surface area contributed by atoms with Crippen LogP contribution in [0, 0.1) is 13.8 Å². The number of aryl methyl sites for hydroxylation is 2. The van der Waals surface area contributed by atoms with Crippen molar-refractivity contribution in [3.05, 3.63) is 52.5 Å². The molecule has 1 heterocycles. The molecule has 2 aromatic carbocycles. The predicted molar refractivity (Wildman–Crippen MR) is 91.4 cm³/mol. The zero-order valence-electron chi connectivity index (χ0n) is 11.9. The van der Waals surface area contributed by atoms with Crippen LogP contribution >= 0.6 is 22.9 Å². The maximum atomic E-state index is 12.4. The van der Waals surface area contributed by atoms with Gasteiger partial charge in [-0.3, -0.25) is 4.72 Å². The lowest BCUT2D eigenvalue weighted by atomic mass is 10.1. The van der Waals surface area contributed by atoms with E-state index in [9.17, 15) is 8.42 Å². The average Bonchev–Trinajstić information content (AvgIpc) is 2.86. The van der Waals surface area contributed by atoms with Crippen molar-refractivity contribution in [1.29, 1.82) is 0 Å². The second kappa shape index (κ2) is 5.53. The Hall–Kier alpha value is -1.63. The minimum absolute atomic E-state index is 0.157. The van der Waals surface area contributed by atoms with Crippen LogP contribution in [0.1, 0.15) is 11.1 Å². The number of nitrogens with one attached hydrogen (secondary N) is 1. The van der Waals surface area contributed by atoms with Gasteiger partial charge in [0.15, 0.2) is 5.13 Å². The number of thiazole rings is 1. The van der Waals surface area contributed by atoms with Crippen molar-refractivity contribution in [2.24, 2.45) is 0 Å². The number of aromatic nitrogens is 1. The number of rotatable bonds is 3. The molecule has 0 fully saturated rings. The van der Waals surface area contributed by atoms with Gasteiger partial charge in [-0.25, -0.2) is 13.4 Å². The van der Waals surface area contributed by atoms with E-state index in [0.29, 0.717) is 10.2 Å². The van der Waals surface area contributed by atoms with Gasteiger partial charge < -0.3 is 0 Å². The molecule has 0 aliphatic heterocycles. The number of fused-ring (bicyclic) bond motifs is 1. The number of nitrogens with zero attached hydrogens (tertiary/aromatic N) is 1. The third-order valence-electron chi connectivity index (χ3n) is 3.43. The number of anilines is 1. The Morgan fingerprint density at radius 2 is 1.77 bits per heavy atom. The Kier molecular flexibility index (Phi) is 3.84. The van der Waals surface area contributed by atoms with Gasteiger partial charge in [0, 0.05) is 5.02 Å². The van der Waals surface area contributed by atoms with Gasteiger partial charge in [-0.15, -0.1) is 0 Å². The molecule has 7 heteroatoms. The fourth-order valence-electron chi connectivity index (χ4n) is 2.06. The maximum Gasteiger partial charge on any atom is 0.263 e. The molecule has 0 amide bonds. The van der Waals surface area contributed by atoms with Crippen molar-refractivity contribution in [3.63, 3.8) is 0 Å². The topological polar surface area (TPSA) is 59.1 Å². The molecule has 0 unspecified atom stereocenters. The van der Waals surface area contributed by atoms with Crippen LogP contribution in [0.4, 0.5) is 5.13 Å². The van der Waals surface area contributed by atoms with Gasteiger partial charge in [0.2, 0.25) is 0 Å². The van der Waals surface area contributed by atoms with E-state index in [1.54, 1.807) is 12.1 Å². The lowest BCUT2D eigenvalue weighted by molar-refractivity contribution is 0.601. The monoisotopic (exact) mass is 352 g/mol. The van der Waals surface area contributed by atoms with Crippen LogP contribution in [-0.2, 0) is 10.0 Å². The third-order valence-corrected chi connectivity index (χ3v) is 6.10. The molecule has 3 rings (SSSR count). The van der Waals surface area contributed by atoms with Crippen molar-refractivity contribution in [2.75, 3.05) is 4.72 Å². The van der Waals surface area contributed by atoms with Crippen molar-refractivity contribution in [2.45, 2.75) is 18.7 Å². The summed E-state index contributed by atoms with van der Waals surface area (Å²) in [6.45, 7) is 3.99. The van der Waals surface area contributed by atoms with E-state index in [4.69, 9.17) is 11.6 Å². The van der Waals surface area contributed by atoms with Crippen molar-refractivity contribution in [3.8, 4) is 0 Å². The summed E-state index contributed by atoms with van der Waals surface area (Å²) in [6, 6.07) is 9.98. The SMILES string of the molecule is Cc1ccc2sc(NS(=O)(=O)c3ccc(Cl)cc3)nc2c1C. The second-order valence-electron chi connectivity index (χ2n) is 4.93. The Balaban J connectivity index is 1.99. The van der Waals surface area contributed by atoms with Gasteiger partial charge in [0.1, 0.15) is 0 Å². The van der Waals surface area contributed by atoms with Gasteiger partial charge in [-0.2, -0.15) is 0 Å². The first-order valence-electron chi connectivity index (χ1n) is 6.52. The largest absolute Gasteiger partial charge is 0.263 e. The zero-order valence-corrected chi connectivity index (χ0v) is 14.3. The van der Waals surface area contributed by atoms with Crippen LogP contribution in [0.25, 0.3) is 10.2 Å². The van der Waals surface area contributed by atoms with Crippen LogP contribution < -0.4 is 4.72 Å². The number of benzene rings is 2. The predicted octanol–water partition coefficient (Wildman–Crippen LogP) is 4.37. The molecule has 114 valence electrons. The van der Waals surface area contributed by atoms with E-state index in [1.807, 2.05) is 26.0 Å². The van der Waals surface area contributed by atoms with Crippen LogP contribution in [-0.4, -0.2) is 13.4 Å². The quantitative estimate of drug-likeness (QED) is 0.761. The average molecular weight is 353 g/mol. The molecule has 0 saturated carbocycles. The normalized spacial score (nSPS) is 11.8. The fourth-order valence-corrected chi connectivity index (χ4v) is 4.34. The molecule has 0 spiro atoms. The number of hydrogen-bond donors (Lipinski definition) is 1. The third kappa shape index (κ3) is 2.82. The molecule has 0 radical (unpaired) electrons. The van der Waals surface area contributed by atoms with E-state index in [-0.39, 0.29) is 4.90 Å². The maximum absolute atomic E-state index is 12.4. The summed E-state index contributed by atoms with van der Waals surface area (Å²) < 4.78 is 28.2.